The second-order valence-electron chi connectivity index (χ2n) is 6.39. The number of anilines is 2. The maximum Gasteiger partial charge on any atom is 0.320 e. The fraction of sp³-hybridized carbons (Fsp3) is 0.368. The standard InChI is InChI=1S/C19H23F2N5O/c1-2-22-19(27)24-18-11-14(5-6-23-18)13-25-7-9-26(10-8-25)17-4-3-15(20)12-16(17)21/h3-6,11-12H,2,7-10,13H2,1H3,(H2,22,23,24,27). The number of carbonyl (C=O) groups is 1. The van der Waals surface area contributed by atoms with E-state index in [0.717, 1.165) is 24.7 Å². The molecule has 1 aromatic carbocycles. The Balaban J connectivity index is 1.55. The van der Waals surface area contributed by atoms with E-state index in [2.05, 4.69) is 20.5 Å². The second-order valence-corrected chi connectivity index (χ2v) is 6.39. The Morgan fingerprint density at radius 1 is 1.15 bits per heavy atom. The summed E-state index contributed by atoms with van der Waals surface area (Å²) in [6.07, 6.45) is 1.67. The molecular weight excluding hydrogens is 352 g/mol. The van der Waals surface area contributed by atoms with Crippen molar-refractivity contribution in [3.05, 3.63) is 53.7 Å². The molecular formula is C19H23F2N5O. The summed E-state index contributed by atoms with van der Waals surface area (Å²) in [7, 11) is 0. The number of pyridine rings is 1. The number of carbonyl (C=O) groups excluding carboxylic acids is 1. The Labute approximate surface area is 157 Å². The van der Waals surface area contributed by atoms with Gasteiger partial charge in [-0.05, 0) is 36.8 Å². The number of piperazine rings is 1. The van der Waals surface area contributed by atoms with E-state index in [1.807, 2.05) is 24.0 Å². The van der Waals surface area contributed by atoms with Crippen LogP contribution in [0.5, 0.6) is 0 Å². The molecule has 0 unspecified atom stereocenters. The third kappa shape index (κ3) is 5.13. The minimum atomic E-state index is -0.565. The molecule has 2 amide bonds. The lowest BCUT2D eigenvalue weighted by Crippen LogP contribution is -2.46. The van der Waals surface area contributed by atoms with Gasteiger partial charge in [-0.2, -0.15) is 0 Å². The summed E-state index contributed by atoms with van der Waals surface area (Å²) in [4.78, 5) is 19.9. The number of halogens is 2. The van der Waals surface area contributed by atoms with Crippen LogP contribution in [0.15, 0.2) is 36.5 Å². The van der Waals surface area contributed by atoms with Crippen LogP contribution in [0.1, 0.15) is 12.5 Å². The summed E-state index contributed by atoms with van der Waals surface area (Å²) in [5.74, 6) is -0.589. The van der Waals surface area contributed by atoms with Gasteiger partial charge in [0.2, 0.25) is 0 Å². The van der Waals surface area contributed by atoms with Crippen LogP contribution >= 0.6 is 0 Å². The van der Waals surface area contributed by atoms with Crippen LogP contribution in [-0.2, 0) is 6.54 Å². The summed E-state index contributed by atoms with van der Waals surface area (Å²) in [5.41, 5.74) is 1.48. The molecule has 27 heavy (non-hydrogen) atoms. The number of benzene rings is 1. The number of aromatic nitrogens is 1. The van der Waals surface area contributed by atoms with Crippen LogP contribution < -0.4 is 15.5 Å². The molecule has 8 heteroatoms. The van der Waals surface area contributed by atoms with Gasteiger partial charge >= 0.3 is 6.03 Å². The zero-order chi connectivity index (χ0) is 19.2. The molecule has 3 rings (SSSR count). The molecule has 1 fully saturated rings. The molecule has 2 heterocycles. The second kappa shape index (κ2) is 8.77. The van der Waals surface area contributed by atoms with Crippen molar-refractivity contribution in [2.75, 3.05) is 42.9 Å². The molecule has 1 aliphatic heterocycles. The maximum atomic E-state index is 13.9. The molecule has 144 valence electrons. The molecule has 1 aromatic heterocycles. The molecule has 0 bridgehead atoms. The number of nitrogens with zero attached hydrogens (tertiary/aromatic N) is 3. The summed E-state index contributed by atoms with van der Waals surface area (Å²) in [5, 5.41) is 5.36. The lowest BCUT2D eigenvalue weighted by Gasteiger charge is -2.36. The maximum absolute atomic E-state index is 13.9. The van der Waals surface area contributed by atoms with Gasteiger partial charge in [0.05, 0.1) is 5.69 Å². The van der Waals surface area contributed by atoms with Crippen LogP contribution in [0.2, 0.25) is 0 Å². The van der Waals surface area contributed by atoms with E-state index in [1.165, 1.54) is 12.1 Å². The predicted octanol–water partition coefficient (Wildman–Crippen LogP) is 2.82. The van der Waals surface area contributed by atoms with Crippen molar-refractivity contribution in [2.24, 2.45) is 0 Å². The smallest absolute Gasteiger partial charge is 0.320 e. The van der Waals surface area contributed by atoms with Gasteiger partial charge < -0.3 is 10.2 Å². The van der Waals surface area contributed by atoms with E-state index in [1.54, 1.807) is 6.20 Å². The van der Waals surface area contributed by atoms with E-state index in [-0.39, 0.29) is 6.03 Å². The first-order valence-electron chi connectivity index (χ1n) is 8.97. The monoisotopic (exact) mass is 375 g/mol. The van der Waals surface area contributed by atoms with Gasteiger partial charge in [-0.1, -0.05) is 0 Å². The van der Waals surface area contributed by atoms with E-state index in [4.69, 9.17) is 0 Å². The van der Waals surface area contributed by atoms with Crippen LogP contribution in [0.3, 0.4) is 0 Å². The fourth-order valence-corrected chi connectivity index (χ4v) is 3.10. The topological polar surface area (TPSA) is 60.5 Å². The lowest BCUT2D eigenvalue weighted by atomic mass is 10.2. The van der Waals surface area contributed by atoms with Crippen LogP contribution in [-0.4, -0.2) is 48.6 Å². The van der Waals surface area contributed by atoms with E-state index >= 15 is 0 Å². The minimum absolute atomic E-state index is 0.280. The Hall–Kier alpha value is -2.74. The lowest BCUT2D eigenvalue weighted by molar-refractivity contribution is 0.249. The van der Waals surface area contributed by atoms with Crippen molar-refractivity contribution < 1.29 is 13.6 Å². The Kier molecular flexibility index (Phi) is 6.18. The number of urea groups is 1. The minimum Gasteiger partial charge on any atom is -0.367 e. The molecule has 0 saturated carbocycles. The average Bonchev–Trinajstić information content (AvgIpc) is 2.63. The highest BCUT2D eigenvalue weighted by Gasteiger charge is 2.20. The number of rotatable bonds is 5. The highest BCUT2D eigenvalue weighted by Crippen LogP contribution is 2.22. The van der Waals surface area contributed by atoms with Crippen molar-refractivity contribution in [3.63, 3.8) is 0 Å². The first-order valence-corrected chi connectivity index (χ1v) is 8.97. The summed E-state index contributed by atoms with van der Waals surface area (Å²) < 4.78 is 27.0. The summed E-state index contributed by atoms with van der Waals surface area (Å²) >= 11 is 0. The van der Waals surface area contributed by atoms with Crippen molar-refractivity contribution in [2.45, 2.75) is 13.5 Å². The number of hydrogen-bond acceptors (Lipinski definition) is 4. The Morgan fingerprint density at radius 3 is 2.63 bits per heavy atom. The van der Waals surface area contributed by atoms with Crippen molar-refractivity contribution in [3.8, 4) is 0 Å². The summed E-state index contributed by atoms with van der Waals surface area (Å²) in [6.45, 7) is 5.96. The molecule has 0 aliphatic carbocycles. The number of nitrogens with one attached hydrogen (secondary N) is 2. The van der Waals surface area contributed by atoms with Crippen LogP contribution in [0.25, 0.3) is 0 Å². The predicted molar refractivity (Wildman–Crippen MR) is 101 cm³/mol. The number of amides is 2. The Bertz CT molecular complexity index is 793. The normalized spacial score (nSPS) is 14.9. The van der Waals surface area contributed by atoms with E-state index in [0.29, 0.717) is 37.7 Å². The van der Waals surface area contributed by atoms with Gasteiger partial charge in [-0.15, -0.1) is 0 Å². The van der Waals surface area contributed by atoms with Gasteiger partial charge in [0.1, 0.15) is 17.5 Å². The van der Waals surface area contributed by atoms with Gasteiger partial charge in [0, 0.05) is 51.5 Å². The van der Waals surface area contributed by atoms with Gasteiger partial charge in [0.15, 0.2) is 0 Å². The molecule has 1 aliphatic rings. The van der Waals surface area contributed by atoms with Gasteiger partial charge in [0.25, 0.3) is 0 Å². The Morgan fingerprint density at radius 2 is 1.93 bits per heavy atom. The quantitative estimate of drug-likeness (QED) is 0.844. The zero-order valence-corrected chi connectivity index (χ0v) is 15.2. The van der Waals surface area contributed by atoms with Crippen molar-refractivity contribution in [1.29, 1.82) is 0 Å². The SMILES string of the molecule is CCNC(=O)Nc1cc(CN2CCN(c3ccc(F)cc3F)CC2)ccn1. The zero-order valence-electron chi connectivity index (χ0n) is 15.2. The molecule has 6 nitrogen and oxygen atoms in total. The average molecular weight is 375 g/mol. The van der Waals surface area contributed by atoms with E-state index < -0.39 is 11.6 Å². The molecule has 0 spiro atoms. The largest absolute Gasteiger partial charge is 0.367 e. The van der Waals surface area contributed by atoms with Crippen molar-refractivity contribution >= 4 is 17.5 Å². The highest BCUT2D eigenvalue weighted by molar-refractivity contribution is 5.88. The van der Waals surface area contributed by atoms with Crippen LogP contribution in [0.4, 0.5) is 25.1 Å². The third-order valence-electron chi connectivity index (χ3n) is 4.43. The van der Waals surface area contributed by atoms with Gasteiger partial charge in [-0.3, -0.25) is 10.2 Å². The van der Waals surface area contributed by atoms with Crippen molar-refractivity contribution in [1.82, 2.24) is 15.2 Å². The summed E-state index contributed by atoms with van der Waals surface area (Å²) in [6, 6.07) is 7.17. The highest BCUT2D eigenvalue weighted by atomic mass is 19.1. The molecule has 2 aromatic rings. The molecule has 0 atom stereocenters. The number of hydrogen-bond donors (Lipinski definition) is 2. The molecule has 2 N–H and O–H groups in total. The first-order chi connectivity index (χ1) is 13.0. The van der Waals surface area contributed by atoms with E-state index in [9.17, 15) is 13.6 Å². The molecule has 0 radical (unpaired) electrons. The molecule has 1 saturated heterocycles. The van der Waals surface area contributed by atoms with Gasteiger partial charge in [-0.25, -0.2) is 18.6 Å². The van der Waals surface area contributed by atoms with Crippen LogP contribution in [0, 0.1) is 11.6 Å². The fourth-order valence-electron chi connectivity index (χ4n) is 3.10. The third-order valence-corrected chi connectivity index (χ3v) is 4.43. The first kappa shape index (κ1) is 19.0.